The number of piperidine rings is 1. The number of halogens is 2. The van der Waals surface area contributed by atoms with E-state index in [0.29, 0.717) is 34.9 Å². The molecule has 4 saturated carbocycles. The van der Waals surface area contributed by atoms with E-state index in [1.165, 1.54) is 25.7 Å². The second-order valence-corrected chi connectivity index (χ2v) is 14.5. The Morgan fingerprint density at radius 1 is 0.957 bits per heavy atom. The van der Waals surface area contributed by atoms with Gasteiger partial charge in [-0.3, -0.25) is 4.79 Å². The Balaban J connectivity index is 0.00000386. The minimum absolute atomic E-state index is 0. The van der Waals surface area contributed by atoms with Crippen molar-refractivity contribution in [1.29, 1.82) is 0 Å². The summed E-state index contributed by atoms with van der Waals surface area (Å²) in [6.07, 6.45) is 9.45. The Labute approximate surface area is 288 Å². The Kier molecular flexibility index (Phi) is 10.2. The third-order valence-corrected chi connectivity index (χ3v) is 11.5. The number of carbonyl (C=O) groups is 2. The zero-order valence-corrected chi connectivity index (χ0v) is 28.6. The van der Waals surface area contributed by atoms with E-state index in [-0.39, 0.29) is 29.9 Å². The lowest BCUT2D eigenvalue weighted by Crippen LogP contribution is -2.70. The van der Waals surface area contributed by atoms with Gasteiger partial charge in [0.1, 0.15) is 17.0 Å². The van der Waals surface area contributed by atoms with E-state index in [2.05, 4.69) is 29.3 Å². The number of carboxylic acids is 1. The summed E-state index contributed by atoms with van der Waals surface area (Å²) in [4.78, 5) is 34.4. The van der Waals surface area contributed by atoms with Crippen molar-refractivity contribution >= 4 is 35.9 Å². The molecule has 0 radical (unpaired) electrons. The minimum Gasteiger partial charge on any atom is -0.492 e. The molecule has 250 valence electrons. The number of benzene rings is 2. The number of aliphatic carboxylic acids is 1. The monoisotopic (exact) mass is 677 g/mol. The minimum atomic E-state index is -1.24. The molecule has 1 aliphatic heterocycles. The molecular weight excluding hydrogens is 633 g/mol. The molecule has 1 saturated heterocycles. The van der Waals surface area contributed by atoms with Crippen LogP contribution < -0.4 is 10.1 Å². The molecule has 47 heavy (non-hydrogen) atoms. The number of hydrogen-bond acceptors (Lipinski definition) is 5. The van der Waals surface area contributed by atoms with E-state index in [1.54, 1.807) is 6.07 Å². The van der Waals surface area contributed by atoms with E-state index in [0.717, 1.165) is 74.0 Å². The third-order valence-electron chi connectivity index (χ3n) is 11.2. The Morgan fingerprint density at radius 2 is 1.66 bits per heavy atom. The van der Waals surface area contributed by atoms with Crippen molar-refractivity contribution < 1.29 is 19.4 Å². The van der Waals surface area contributed by atoms with Gasteiger partial charge < -0.3 is 20.1 Å². The van der Waals surface area contributed by atoms with Crippen LogP contribution in [0.15, 0.2) is 54.6 Å². The van der Waals surface area contributed by atoms with Gasteiger partial charge in [-0.2, -0.15) is 0 Å². The number of aryl methyl sites for hydroxylation is 1. The average Bonchev–Trinajstić information content (AvgIpc) is 3.05. The molecule has 3 aromatic rings. The van der Waals surface area contributed by atoms with E-state index < -0.39 is 17.4 Å². The maximum atomic E-state index is 14.0. The van der Waals surface area contributed by atoms with Crippen LogP contribution in [-0.2, 0) is 4.79 Å². The van der Waals surface area contributed by atoms with Crippen molar-refractivity contribution in [3.63, 3.8) is 0 Å². The number of nitrogens with one attached hydrogen (secondary N) is 1. The first-order valence-electron chi connectivity index (χ1n) is 17.1. The van der Waals surface area contributed by atoms with Gasteiger partial charge in [-0.15, -0.1) is 12.4 Å². The number of hydrogen-bond donors (Lipinski definition) is 2. The van der Waals surface area contributed by atoms with Gasteiger partial charge in [0, 0.05) is 17.7 Å². The lowest BCUT2D eigenvalue weighted by Gasteiger charge is -2.59. The Morgan fingerprint density at radius 3 is 2.34 bits per heavy atom. The van der Waals surface area contributed by atoms with E-state index in [9.17, 15) is 14.7 Å². The molecule has 5 fully saturated rings. The van der Waals surface area contributed by atoms with Crippen LogP contribution in [0.25, 0.3) is 22.4 Å². The van der Waals surface area contributed by atoms with Crippen LogP contribution in [0.4, 0.5) is 0 Å². The largest absolute Gasteiger partial charge is 0.492 e. The average molecular weight is 679 g/mol. The van der Waals surface area contributed by atoms with Gasteiger partial charge in [0.15, 0.2) is 0 Å². The first-order chi connectivity index (χ1) is 22.3. The zero-order chi connectivity index (χ0) is 31.8. The van der Waals surface area contributed by atoms with Crippen molar-refractivity contribution in [1.82, 2.24) is 15.2 Å². The number of pyridine rings is 1. The van der Waals surface area contributed by atoms with E-state index in [1.807, 2.05) is 36.4 Å². The van der Waals surface area contributed by atoms with Gasteiger partial charge in [-0.25, -0.2) is 9.78 Å². The van der Waals surface area contributed by atoms with Crippen LogP contribution in [0, 0.1) is 30.6 Å². The predicted octanol–water partition coefficient (Wildman–Crippen LogP) is 8.06. The summed E-state index contributed by atoms with van der Waals surface area (Å²) in [5.74, 6) is 0.321. The summed E-state index contributed by atoms with van der Waals surface area (Å²) in [5, 5.41) is 14.2. The highest BCUT2D eigenvalue weighted by atomic mass is 35.5. The fourth-order valence-electron chi connectivity index (χ4n) is 9.10. The number of ether oxygens (including phenoxy) is 1. The summed E-state index contributed by atoms with van der Waals surface area (Å²) >= 11 is 6.61. The molecule has 0 unspecified atom stereocenters. The van der Waals surface area contributed by atoms with E-state index >= 15 is 0 Å². The van der Waals surface area contributed by atoms with Crippen molar-refractivity contribution in [3.8, 4) is 28.1 Å². The predicted molar refractivity (Wildman–Crippen MR) is 187 cm³/mol. The van der Waals surface area contributed by atoms with Crippen LogP contribution in [0.1, 0.15) is 73.8 Å². The smallest absolute Gasteiger partial charge is 0.330 e. The van der Waals surface area contributed by atoms with Crippen molar-refractivity contribution in [2.75, 3.05) is 26.2 Å². The van der Waals surface area contributed by atoms with Gasteiger partial charge in [0.05, 0.1) is 17.3 Å². The molecule has 9 heteroatoms. The fraction of sp³-hybridized carbons (Fsp3) is 0.500. The normalized spacial score (nSPS) is 26.4. The summed E-state index contributed by atoms with van der Waals surface area (Å²) in [6, 6.07) is 17.4. The quantitative estimate of drug-likeness (QED) is 0.211. The van der Waals surface area contributed by atoms with Crippen LogP contribution in [0.2, 0.25) is 5.02 Å². The molecule has 4 bridgehead atoms. The molecule has 5 aliphatic rings. The van der Waals surface area contributed by atoms with Gasteiger partial charge in [0.2, 0.25) is 0 Å². The topological polar surface area (TPSA) is 91.8 Å². The number of carbonyl (C=O) groups excluding carboxylic acids is 1. The van der Waals surface area contributed by atoms with Gasteiger partial charge >= 0.3 is 5.97 Å². The lowest BCUT2D eigenvalue weighted by molar-refractivity contribution is -0.163. The molecule has 2 N–H and O–H groups in total. The molecule has 7 nitrogen and oxygen atoms in total. The van der Waals surface area contributed by atoms with Gasteiger partial charge in [0.25, 0.3) is 5.91 Å². The number of rotatable bonds is 10. The third kappa shape index (κ3) is 6.64. The fourth-order valence-corrected chi connectivity index (χ4v) is 9.27. The van der Waals surface area contributed by atoms with Gasteiger partial charge in [-0.05, 0) is 130 Å². The summed E-state index contributed by atoms with van der Waals surface area (Å²) < 4.78 is 6.20. The Hall–Kier alpha value is -3.13. The molecule has 8 rings (SSSR count). The molecule has 1 aromatic heterocycles. The number of likely N-dealkylation sites (tertiary alicyclic amines) is 1. The maximum Gasteiger partial charge on any atom is 0.330 e. The lowest BCUT2D eigenvalue weighted by atomic mass is 9.48. The highest BCUT2D eigenvalue weighted by Gasteiger charge is 2.62. The van der Waals surface area contributed by atoms with Crippen LogP contribution >= 0.6 is 24.0 Å². The molecule has 0 atom stereocenters. The van der Waals surface area contributed by atoms with Crippen molar-refractivity contribution in [2.45, 2.75) is 70.3 Å². The SMILES string of the molecule is Cc1ccccc1-c1ccc(C(=O)NC2(C(=O)O)C3CC4CC(C3)CC2C4)nc1-c1ccc(Cl)c(OCCCN2CCCCC2)c1.Cl. The standard InChI is InChI=1S/C38H44ClN3O4.ClH/c1-24-8-3-4-9-30(24)31-11-13-33(36(43)41-38(37(44)45)28-19-25-18-26(21-28)22-29(38)20-25)40-35(31)27-10-12-32(39)34(23-27)46-17-7-16-42-14-5-2-6-15-42;/h3-4,8-13,23,25-26,28-29H,2,5-7,14-22H2,1H3,(H,41,43)(H,44,45);1H. The molecule has 1 amide bonds. The van der Waals surface area contributed by atoms with Gasteiger partial charge in [-0.1, -0.05) is 48.4 Å². The highest BCUT2D eigenvalue weighted by Crippen LogP contribution is 2.58. The number of amides is 1. The van der Waals surface area contributed by atoms with E-state index in [4.69, 9.17) is 21.3 Å². The second-order valence-electron chi connectivity index (χ2n) is 14.1. The van der Waals surface area contributed by atoms with Crippen LogP contribution in [-0.4, -0.2) is 58.6 Å². The molecule has 2 aromatic carbocycles. The summed E-state index contributed by atoms with van der Waals surface area (Å²) in [5.41, 5.74) is 3.37. The first kappa shape index (κ1) is 33.8. The number of nitrogens with zero attached hydrogens (tertiary/aromatic N) is 2. The maximum absolute atomic E-state index is 14.0. The molecule has 0 spiro atoms. The molecular formula is C38H45Cl2N3O4. The number of carboxylic acid groups (broad SMARTS) is 1. The van der Waals surface area contributed by atoms with Crippen molar-refractivity contribution in [2.24, 2.45) is 23.7 Å². The summed E-state index contributed by atoms with van der Waals surface area (Å²) in [6.45, 7) is 5.93. The van der Waals surface area contributed by atoms with Crippen LogP contribution in [0.5, 0.6) is 5.75 Å². The Bertz CT molecular complexity index is 1590. The molecule has 2 heterocycles. The van der Waals surface area contributed by atoms with Crippen molar-refractivity contribution in [3.05, 3.63) is 70.9 Å². The zero-order valence-electron chi connectivity index (χ0n) is 27.1. The molecule has 4 aliphatic carbocycles. The first-order valence-corrected chi connectivity index (χ1v) is 17.5. The van der Waals surface area contributed by atoms with Crippen LogP contribution in [0.3, 0.4) is 0 Å². The number of aromatic nitrogens is 1. The summed E-state index contributed by atoms with van der Waals surface area (Å²) in [7, 11) is 0. The highest BCUT2D eigenvalue weighted by molar-refractivity contribution is 6.32. The second kappa shape index (κ2) is 14.2.